The number of hydrogen-bond acceptors (Lipinski definition) is 7. The van der Waals surface area contributed by atoms with Crippen LogP contribution in [0.25, 0.3) is 11.1 Å². The van der Waals surface area contributed by atoms with Crippen LogP contribution in [0.1, 0.15) is 95.0 Å². The fourth-order valence-electron chi connectivity index (χ4n) is 6.72. The van der Waals surface area contributed by atoms with Gasteiger partial charge in [-0.15, -0.1) is 0 Å². The molecule has 5 rings (SSSR count). The molecule has 10 heteroatoms. The minimum atomic E-state index is -0.771. The average Bonchev–Trinajstić information content (AvgIpc) is 3.55. The van der Waals surface area contributed by atoms with Crippen LogP contribution in [-0.2, 0) is 9.59 Å². The summed E-state index contributed by atoms with van der Waals surface area (Å²) in [6.07, 6.45) is 12.4. The van der Waals surface area contributed by atoms with Crippen LogP contribution in [0.3, 0.4) is 0 Å². The number of pyridine rings is 2. The number of nitrogens with zero attached hydrogens (tertiary/aromatic N) is 6. The predicted octanol–water partition coefficient (Wildman–Crippen LogP) is 6.39. The van der Waals surface area contributed by atoms with Crippen LogP contribution < -0.4 is 9.64 Å². The molecular weight excluding hydrogens is 556 g/mol. The number of hydrogen-bond donors (Lipinski definition) is 1. The minimum absolute atomic E-state index is 0.0823. The fraction of sp³-hybridized carbons (Fsp3) is 0.529. The van der Waals surface area contributed by atoms with Crippen LogP contribution in [0.2, 0.25) is 0 Å². The molecule has 0 unspecified atom stereocenters. The lowest BCUT2D eigenvalue weighted by atomic mass is 9.78. The van der Waals surface area contributed by atoms with E-state index in [9.17, 15) is 20.0 Å². The Bertz CT molecular complexity index is 1500. The highest BCUT2D eigenvalue weighted by Crippen LogP contribution is 2.38. The quantitative estimate of drug-likeness (QED) is 0.284. The molecule has 0 radical (unpaired) electrons. The number of amides is 1. The van der Waals surface area contributed by atoms with Crippen molar-refractivity contribution in [2.24, 2.45) is 17.8 Å². The molecule has 3 aromatic heterocycles. The van der Waals surface area contributed by atoms with E-state index >= 15 is 0 Å². The monoisotopic (exact) mass is 598 g/mol. The van der Waals surface area contributed by atoms with Gasteiger partial charge in [-0.2, -0.15) is 10.4 Å². The van der Waals surface area contributed by atoms with Crippen molar-refractivity contribution in [2.75, 3.05) is 18.6 Å². The zero-order valence-electron chi connectivity index (χ0n) is 25.9. The molecule has 10 nitrogen and oxygen atoms in total. The van der Waals surface area contributed by atoms with Crippen molar-refractivity contribution in [1.29, 1.82) is 5.26 Å². The van der Waals surface area contributed by atoms with Gasteiger partial charge >= 0.3 is 5.97 Å². The van der Waals surface area contributed by atoms with Crippen molar-refractivity contribution in [1.82, 2.24) is 19.7 Å². The van der Waals surface area contributed by atoms with Crippen molar-refractivity contribution in [3.05, 3.63) is 54.2 Å². The topological polar surface area (TPSA) is 134 Å². The molecule has 2 saturated carbocycles. The second kappa shape index (κ2) is 14.0. The largest absolute Gasteiger partial charge is 0.494 e. The molecule has 3 heterocycles. The van der Waals surface area contributed by atoms with Crippen molar-refractivity contribution in [3.63, 3.8) is 0 Å². The zero-order chi connectivity index (χ0) is 31.2. The van der Waals surface area contributed by atoms with Gasteiger partial charge in [-0.05, 0) is 107 Å². The molecule has 44 heavy (non-hydrogen) atoms. The highest BCUT2D eigenvalue weighted by Gasteiger charge is 2.34. The van der Waals surface area contributed by atoms with Crippen molar-refractivity contribution in [3.8, 4) is 22.9 Å². The maximum absolute atomic E-state index is 14.2. The summed E-state index contributed by atoms with van der Waals surface area (Å²) < 4.78 is 7.19. The number of carboxylic acid groups (broad SMARTS) is 1. The van der Waals surface area contributed by atoms with E-state index in [-0.39, 0.29) is 36.1 Å². The molecule has 2 aliphatic carbocycles. The van der Waals surface area contributed by atoms with Crippen LogP contribution in [0.4, 0.5) is 5.82 Å². The molecule has 1 N–H and O–H groups in total. The van der Waals surface area contributed by atoms with E-state index in [0.717, 1.165) is 55.3 Å². The summed E-state index contributed by atoms with van der Waals surface area (Å²) in [5.41, 5.74) is 3.18. The Morgan fingerprint density at radius 1 is 1.07 bits per heavy atom. The number of aliphatic carboxylic acids is 1. The van der Waals surface area contributed by atoms with Gasteiger partial charge in [0.2, 0.25) is 5.91 Å². The van der Waals surface area contributed by atoms with Gasteiger partial charge in [0, 0.05) is 54.5 Å². The van der Waals surface area contributed by atoms with E-state index in [1.165, 1.54) is 0 Å². The standard InChI is InChI=1S/C34H42N6O4/c1-22(2)40-21-28(19-37-40)27-14-15-36-32(17-27)39(34(43)26-10-4-23(5-11-26)16-33(41)42)20-24-6-8-25(9-7-24)29-12-13-31(44-3)30(18-35)38-29/h12-15,17,19,21-26H,4-11,16,20H2,1-3H3,(H,41,42)/t23-,24-,25-,26-. The Hall–Kier alpha value is -4.26. The van der Waals surface area contributed by atoms with Gasteiger partial charge in [-0.1, -0.05) is 0 Å². The molecular formula is C34H42N6O4. The van der Waals surface area contributed by atoms with Crippen LogP contribution >= 0.6 is 0 Å². The molecule has 0 aromatic carbocycles. The normalized spacial score (nSPS) is 21.9. The van der Waals surface area contributed by atoms with Crippen LogP contribution in [0.5, 0.6) is 5.75 Å². The van der Waals surface area contributed by atoms with Crippen molar-refractivity contribution in [2.45, 2.75) is 83.6 Å². The number of carbonyl (C=O) groups excluding carboxylic acids is 1. The van der Waals surface area contributed by atoms with Crippen LogP contribution in [0, 0.1) is 29.1 Å². The van der Waals surface area contributed by atoms with Crippen molar-refractivity contribution >= 4 is 17.7 Å². The number of anilines is 1. The third kappa shape index (κ3) is 7.26. The first-order valence-corrected chi connectivity index (χ1v) is 15.7. The minimum Gasteiger partial charge on any atom is -0.494 e. The predicted molar refractivity (Wildman–Crippen MR) is 166 cm³/mol. The first-order valence-electron chi connectivity index (χ1n) is 15.7. The zero-order valence-corrected chi connectivity index (χ0v) is 25.9. The van der Waals surface area contributed by atoms with Crippen molar-refractivity contribution < 1.29 is 19.4 Å². The van der Waals surface area contributed by atoms with Gasteiger partial charge in [-0.25, -0.2) is 9.97 Å². The summed E-state index contributed by atoms with van der Waals surface area (Å²) in [7, 11) is 1.54. The second-order valence-corrected chi connectivity index (χ2v) is 12.6. The lowest BCUT2D eigenvalue weighted by Crippen LogP contribution is -2.42. The maximum Gasteiger partial charge on any atom is 0.303 e. The number of carbonyl (C=O) groups is 2. The van der Waals surface area contributed by atoms with Gasteiger partial charge in [0.1, 0.15) is 11.9 Å². The van der Waals surface area contributed by atoms with E-state index in [2.05, 4.69) is 35.0 Å². The molecule has 2 fully saturated rings. The summed E-state index contributed by atoms with van der Waals surface area (Å²) in [5, 5.41) is 23.2. The first-order chi connectivity index (χ1) is 21.2. The summed E-state index contributed by atoms with van der Waals surface area (Å²) in [5.74, 6) is 1.01. The lowest BCUT2D eigenvalue weighted by molar-refractivity contribution is -0.138. The maximum atomic E-state index is 14.2. The number of ether oxygens (including phenoxy) is 1. The fourth-order valence-corrected chi connectivity index (χ4v) is 6.72. The van der Waals surface area contributed by atoms with Gasteiger partial charge in [0.15, 0.2) is 11.4 Å². The van der Waals surface area contributed by atoms with Gasteiger partial charge in [0.05, 0.1) is 13.3 Å². The highest BCUT2D eigenvalue weighted by molar-refractivity contribution is 5.94. The number of carboxylic acids is 1. The molecule has 0 atom stereocenters. The Morgan fingerprint density at radius 2 is 1.80 bits per heavy atom. The molecule has 3 aromatic rings. The molecule has 0 aliphatic heterocycles. The van der Waals surface area contributed by atoms with E-state index in [4.69, 9.17) is 4.74 Å². The summed E-state index contributed by atoms with van der Waals surface area (Å²) in [4.78, 5) is 36.6. The van der Waals surface area contributed by atoms with Gasteiger partial charge in [0.25, 0.3) is 0 Å². The summed E-state index contributed by atoms with van der Waals surface area (Å²) in [6, 6.07) is 10.1. The Labute approximate surface area is 259 Å². The first kappa shape index (κ1) is 31.2. The van der Waals surface area contributed by atoms with Gasteiger partial charge < -0.3 is 9.84 Å². The highest BCUT2D eigenvalue weighted by atomic mass is 16.5. The Morgan fingerprint density at radius 3 is 2.43 bits per heavy atom. The average molecular weight is 599 g/mol. The molecule has 232 valence electrons. The Kier molecular flexibility index (Phi) is 9.93. The third-order valence-corrected chi connectivity index (χ3v) is 9.32. The molecule has 1 amide bonds. The number of aromatic nitrogens is 4. The number of nitriles is 1. The lowest BCUT2D eigenvalue weighted by Gasteiger charge is -2.35. The number of rotatable bonds is 10. The van der Waals surface area contributed by atoms with E-state index in [0.29, 0.717) is 42.6 Å². The second-order valence-electron chi connectivity index (χ2n) is 12.6. The Balaban J connectivity index is 1.33. The molecule has 0 saturated heterocycles. The van der Waals surface area contributed by atoms with Gasteiger partial charge in [-0.3, -0.25) is 19.2 Å². The molecule has 2 aliphatic rings. The van der Waals surface area contributed by atoms with E-state index in [1.54, 1.807) is 13.3 Å². The number of methoxy groups -OCH3 is 1. The smallest absolute Gasteiger partial charge is 0.303 e. The van der Waals surface area contributed by atoms with Crippen LogP contribution in [-0.4, -0.2) is 50.4 Å². The van der Waals surface area contributed by atoms with E-state index in [1.807, 2.05) is 46.2 Å². The SMILES string of the molecule is COc1ccc([C@H]2CC[C@H](CN(c3cc(-c4cnn(C(C)C)c4)ccn3)C(=O)[C@H]3CC[C@H](CC(=O)O)CC3)CC2)nc1C#N. The summed E-state index contributed by atoms with van der Waals surface area (Å²) in [6.45, 7) is 4.76. The molecule has 0 spiro atoms. The third-order valence-electron chi connectivity index (χ3n) is 9.32. The van der Waals surface area contributed by atoms with E-state index < -0.39 is 5.97 Å². The molecule has 0 bridgehead atoms. The summed E-state index contributed by atoms with van der Waals surface area (Å²) >= 11 is 0. The van der Waals surface area contributed by atoms with Crippen LogP contribution in [0.15, 0.2) is 42.9 Å².